The van der Waals surface area contributed by atoms with E-state index in [4.69, 9.17) is 9.47 Å². The highest BCUT2D eigenvalue weighted by Crippen LogP contribution is 2.32. The van der Waals surface area contributed by atoms with Crippen molar-refractivity contribution in [1.29, 1.82) is 5.26 Å². The number of methoxy groups -OCH3 is 2. The smallest absolute Gasteiger partial charge is 0.161 e. The normalized spacial score (nSPS) is 13.5. The maximum atomic E-state index is 9.17. The van der Waals surface area contributed by atoms with Crippen molar-refractivity contribution in [2.75, 3.05) is 21.3 Å². The molecule has 1 aromatic rings. The van der Waals surface area contributed by atoms with Crippen LogP contribution in [0.2, 0.25) is 0 Å². The van der Waals surface area contributed by atoms with E-state index in [1.807, 2.05) is 32.2 Å². The fourth-order valence-corrected chi connectivity index (χ4v) is 2.05. The SMILES string of the molecule is CCC(C#N)C(NC)c1ccc(OC)c(OC)c1. The Labute approximate surface area is 109 Å². The Bertz CT molecular complexity index is 426. The summed E-state index contributed by atoms with van der Waals surface area (Å²) in [5.74, 6) is 1.32. The summed E-state index contributed by atoms with van der Waals surface area (Å²) in [7, 11) is 5.08. The first-order valence-corrected chi connectivity index (χ1v) is 6.00. The zero-order chi connectivity index (χ0) is 13.5. The van der Waals surface area contributed by atoms with Gasteiger partial charge in [0.25, 0.3) is 0 Å². The summed E-state index contributed by atoms with van der Waals surface area (Å²) in [5, 5.41) is 12.4. The zero-order valence-corrected chi connectivity index (χ0v) is 11.4. The Kier molecular flexibility index (Phi) is 5.47. The van der Waals surface area contributed by atoms with Crippen LogP contribution in [0.5, 0.6) is 11.5 Å². The summed E-state index contributed by atoms with van der Waals surface area (Å²) in [6, 6.07) is 8.07. The van der Waals surface area contributed by atoms with Crippen molar-refractivity contribution in [2.24, 2.45) is 5.92 Å². The van der Waals surface area contributed by atoms with Gasteiger partial charge in [-0.1, -0.05) is 13.0 Å². The van der Waals surface area contributed by atoms with E-state index in [1.165, 1.54) is 0 Å². The lowest BCUT2D eigenvalue weighted by molar-refractivity contribution is 0.353. The lowest BCUT2D eigenvalue weighted by Gasteiger charge is -2.22. The first-order chi connectivity index (χ1) is 8.71. The van der Waals surface area contributed by atoms with Gasteiger partial charge in [-0.25, -0.2) is 0 Å². The van der Waals surface area contributed by atoms with Gasteiger partial charge < -0.3 is 14.8 Å². The second-order valence-electron chi connectivity index (χ2n) is 4.02. The average Bonchev–Trinajstić information content (AvgIpc) is 2.43. The maximum absolute atomic E-state index is 9.17. The van der Waals surface area contributed by atoms with E-state index in [-0.39, 0.29) is 12.0 Å². The molecule has 1 aromatic carbocycles. The van der Waals surface area contributed by atoms with Gasteiger partial charge in [0.2, 0.25) is 0 Å². The fraction of sp³-hybridized carbons (Fsp3) is 0.500. The van der Waals surface area contributed by atoms with Crippen LogP contribution in [0, 0.1) is 17.2 Å². The molecule has 1 rings (SSSR count). The first-order valence-electron chi connectivity index (χ1n) is 6.00. The van der Waals surface area contributed by atoms with Crippen LogP contribution in [-0.4, -0.2) is 21.3 Å². The molecule has 0 fully saturated rings. The summed E-state index contributed by atoms with van der Waals surface area (Å²) < 4.78 is 10.5. The van der Waals surface area contributed by atoms with Gasteiger partial charge in [-0.2, -0.15) is 5.26 Å². The summed E-state index contributed by atoms with van der Waals surface area (Å²) >= 11 is 0. The highest BCUT2D eigenvalue weighted by Gasteiger charge is 2.21. The largest absolute Gasteiger partial charge is 0.493 e. The number of nitriles is 1. The third kappa shape index (κ3) is 2.93. The van der Waals surface area contributed by atoms with Crippen molar-refractivity contribution in [3.63, 3.8) is 0 Å². The van der Waals surface area contributed by atoms with Crippen molar-refractivity contribution in [1.82, 2.24) is 5.32 Å². The molecular weight excluding hydrogens is 228 g/mol. The average molecular weight is 248 g/mol. The number of nitrogens with zero attached hydrogens (tertiary/aromatic N) is 1. The highest BCUT2D eigenvalue weighted by atomic mass is 16.5. The van der Waals surface area contributed by atoms with E-state index in [0.29, 0.717) is 11.5 Å². The molecule has 4 nitrogen and oxygen atoms in total. The summed E-state index contributed by atoms with van der Waals surface area (Å²) in [6.45, 7) is 2.01. The molecule has 0 radical (unpaired) electrons. The monoisotopic (exact) mass is 248 g/mol. The summed E-state index contributed by atoms with van der Waals surface area (Å²) in [6.07, 6.45) is 0.802. The number of nitrogens with one attached hydrogen (secondary N) is 1. The molecule has 0 spiro atoms. The molecule has 0 bridgehead atoms. The van der Waals surface area contributed by atoms with Crippen molar-refractivity contribution in [3.8, 4) is 17.6 Å². The topological polar surface area (TPSA) is 54.3 Å². The van der Waals surface area contributed by atoms with E-state index < -0.39 is 0 Å². The Morgan fingerprint density at radius 2 is 1.94 bits per heavy atom. The Morgan fingerprint density at radius 1 is 1.28 bits per heavy atom. The minimum atomic E-state index is -0.0619. The molecule has 4 heteroatoms. The minimum absolute atomic E-state index is 0.000180. The van der Waals surface area contributed by atoms with Crippen molar-refractivity contribution in [2.45, 2.75) is 19.4 Å². The van der Waals surface area contributed by atoms with E-state index in [2.05, 4.69) is 11.4 Å². The number of rotatable bonds is 6. The second kappa shape index (κ2) is 6.87. The second-order valence-corrected chi connectivity index (χ2v) is 4.02. The predicted octanol–water partition coefficient (Wildman–Crippen LogP) is 2.51. The van der Waals surface area contributed by atoms with Gasteiger partial charge in [0.05, 0.1) is 26.2 Å². The summed E-state index contributed by atoms with van der Waals surface area (Å²) in [4.78, 5) is 0. The molecule has 0 amide bonds. The van der Waals surface area contributed by atoms with E-state index >= 15 is 0 Å². The van der Waals surface area contributed by atoms with E-state index in [9.17, 15) is 5.26 Å². The fourth-order valence-electron chi connectivity index (χ4n) is 2.05. The zero-order valence-electron chi connectivity index (χ0n) is 11.4. The minimum Gasteiger partial charge on any atom is -0.493 e. The number of hydrogen-bond donors (Lipinski definition) is 1. The van der Waals surface area contributed by atoms with Gasteiger partial charge >= 0.3 is 0 Å². The van der Waals surface area contributed by atoms with Crippen molar-refractivity contribution in [3.05, 3.63) is 23.8 Å². The van der Waals surface area contributed by atoms with Crippen LogP contribution in [0.1, 0.15) is 24.9 Å². The van der Waals surface area contributed by atoms with Crippen LogP contribution in [0.15, 0.2) is 18.2 Å². The van der Waals surface area contributed by atoms with Crippen LogP contribution in [0.25, 0.3) is 0 Å². The van der Waals surface area contributed by atoms with E-state index in [0.717, 1.165) is 12.0 Å². The van der Waals surface area contributed by atoms with Crippen LogP contribution < -0.4 is 14.8 Å². The molecule has 18 heavy (non-hydrogen) atoms. The van der Waals surface area contributed by atoms with Crippen molar-refractivity contribution >= 4 is 0 Å². The molecule has 0 aliphatic carbocycles. The molecule has 0 saturated heterocycles. The van der Waals surface area contributed by atoms with Gasteiger partial charge in [0.15, 0.2) is 11.5 Å². The lowest BCUT2D eigenvalue weighted by atomic mass is 9.92. The molecule has 0 aliphatic heterocycles. The van der Waals surface area contributed by atoms with Gasteiger partial charge in [0, 0.05) is 6.04 Å². The first kappa shape index (κ1) is 14.3. The molecule has 0 aliphatic rings. The van der Waals surface area contributed by atoms with Gasteiger partial charge in [0.1, 0.15) is 0 Å². The molecule has 2 atom stereocenters. The van der Waals surface area contributed by atoms with Gasteiger partial charge in [-0.3, -0.25) is 0 Å². The molecule has 0 aromatic heterocycles. The quantitative estimate of drug-likeness (QED) is 0.840. The Balaban J connectivity index is 3.11. The Hall–Kier alpha value is -1.73. The molecular formula is C14H20N2O2. The van der Waals surface area contributed by atoms with Gasteiger partial charge in [-0.15, -0.1) is 0 Å². The standard InChI is InChI=1S/C14H20N2O2/c1-5-10(9-15)14(16-2)11-6-7-12(17-3)13(8-11)18-4/h6-8,10,14,16H,5H2,1-4H3. The third-order valence-corrected chi connectivity index (χ3v) is 3.09. The molecule has 0 saturated carbocycles. The number of ether oxygens (including phenoxy) is 2. The van der Waals surface area contributed by atoms with Crippen LogP contribution in [-0.2, 0) is 0 Å². The van der Waals surface area contributed by atoms with Gasteiger partial charge in [-0.05, 0) is 31.2 Å². The third-order valence-electron chi connectivity index (χ3n) is 3.09. The Morgan fingerprint density at radius 3 is 2.39 bits per heavy atom. The molecule has 1 N–H and O–H groups in total. The van der Waals surface area contributed by atoms with Crippen molar-refractivity contribution < 1.29 is 9.47 Å². The lowest BCUT2D eigenvalue weighted by Crippen LogP contribution is -2.24. The molecule has 98 valence electrons. The molecule has 2 unspecified atom stereocenters. The maximum Gasteiger partial charge on any atom is 0.161 e. The predicted molar refractivity (Wildman–Crippen MR) is 70.7 cm³/mol. The van der Waals surface area contributed by atoms with Crippen LogP contribution >= 0.6 is 0 Å². The summed E-state index contributed by atoms with van der Waals surface area (Å²) in [5.41, 5.74) is 1.03. The van der Waals surface area contributed by atoms with E-state index in [1.54, 1.807) is 14.2 Å². The van der Waals surface area contributed by atoms with Crippen LogP contribution in [0.4, 0.5) is 0 Å². The highest BCUT2D eigenvalue weighted by molar-refractivity contribution is 5.44. The molecule has 0 heterocycles. The van der Waals surface area contributed by atoms with Crippen LogP contribution in [0.3, 0.4) is 0 Å². The number of benzene rings is 1. The number of hydrogen-bond acceptors (Lipinski definition) is 4.